The molecule has 0 atom stereocenters. The van der Waals surface area contributed by atoms with Crippen molar-refractivity contribution in [3.05, 3.63) is 29.6 Å². The quantitative estimate of drug-likeness (QED) is 0.558. The number of pyridine rings is 1. The molecule has 0 saturated heterocycles. The first kappa shape index (κ1) is 9.18. The summed E-state index contributed by atoms with van der Waals surface area (Å²) >= 11 is 0. The molecule has 1 rings (SSSR count). The van der Waals surface area contributed by atoms with Crippen molar-refractivity contribution in [1.29, 1.82) is 0 Å². The van der Waals surface area contributed by atoms with E-state index < -0.39 is 11.9 Å². The fourth-order valence-corrected chi connectivity index (χ4v) is 0.781. The molecule has 1 aromatic rings. The van der Waals surface area contributed by atoms with Crippen LogP contribution in [0.5, 0.6) is 0 Å². The number of aromatic carboxylic acids is 1. The van der Waals surface area contributed by atoms with Gasteiger partial charge < -0.3 is 14.6 Å². The third-order valence-electron chi connectivity index (χ3n) is 1.40. The van der Waals surface area contributed by atoms with Crippen molar-refractivity contribution >= 4 is 11.9 Å². The lowest BCUT2D eigenvalue weighted by Gasteiger charge is -2.02. The third-order valence-corrected chi connectivity index (χ3v) is 1.40. The minimum Gasteiger partial charge on any atom is -0.545 e. The molecule has 0 aliphatic carbocycles. The molecule has 13 heavy (non-hydrogen) atoms. The smallest absolute Gasteiger partial charge is 0.339 e. The van der Waals surface area contributed by atoms with Gasteiger partial charge in [-0.1, -0.05) is 0 Å². The van der Waals surface area contributed by atoms with Crippen LogP contribution >= 0.6 is 0 Å². The van der Waals surface area contributed by atoms with E-state index in [0.717, 1.165) is 12.3 Å². The highest BCUT2D eigenvalue weighted by Gasteiger charge is 2.06. The van der Waals surface area contributed by atoms with Crippen molar-refractivity contribution in [3.63, 3.8) is 0 Å². The van der Waals surface area contributed by atoms with Gasteiger partial charge in [0.05, 0.1) is 18.6 Å². The van der Waals surface area contributed by atoms with Crippen LogP contribution in [0.3, 0.4) is 0 Å². The average molecular weight is 180 g/mol. The van der Waals surface area contributed by atoms with Gasteiger partial charge in [-0.25, -0.2) is 4.79 Å². The lowest BCUT2D eigenvalue weighted by Crippen LogP contribution is -2.22. The van der Waals surface area contributed by atoms with Crippen LogP contribution < -0.4 is 5.11 Å². The topological polar surface area (TPSA) is 79.3 Å². The lowest BCUT2D eigenvalue weighted by molar-refractivity contribution is -0.255. The van der Waals surface area contributed by atoms with E-state index in [1.165, 1.54) is 13.3 Å². The van der Waals surface area contributed by atoms with Gasteiger partial charge in [0.15, 0.2) is 0 Å². The fraction of sp³-hybridized carbons (Fsp3) is 0.125. The largest absolute Gasteiger partial charge is 0.545 e. The molecule has 0 fully saturated rings. The highest BCUT2D eigenvalue weighted by atomic mass is 16.5. The molecule has 1 aromatic heterocycles. The number of carbonyl (C=O) groups is 2. The number of carbonyl (C=O) groups excluding carboxylic acids is 2. The Morgan fingerprint density at radius 1 is 1.38 bits per heavy atom. The molecule has 0 radical (unpaired) electrons. The van der Waals surface area contributed by atoms with Crippen molar-refractivity contribution < 1.29 is 19.4 Å². The molecule has 0 aromatic carbocycles. The molecule has 68 valence electrons. The zero-order valence-electron chi connectivity index (χ0n) is 6.81. The maximum atomic E-state index is 10.9. The van der Waals surface area contributed by atoms with Gasteiger partial charge in [-0.3, -0.25) is 4.98 Å². The molecule has 0 spiro atoms. The Balaban J connectivity index is 3.05. The molecule has 5 heteroatoms. The van der Waals surface area contributed by atoms with E-state index in [9.17, 15) is 14.7 Å². The van der Waals surface area contributed by atoms with Crippen LogP contribution in [0.15, 0.2) is 18.5 Å². The van der Waals surface area contributed by atoms with E-state index in [4.69, 9.17) is 0 Å². The summed E-state index contributed by atoms with van der Waals surface area (Å²) in [6.45, 7) is 0. The molecule has 0 unspecified atom stereocenters. The van der Waals surface area contributed by atoms with Crippen LogP contribution in [0.25, 0.3) is 0 Å². The van der Waals surface area contributed by atoms with Crippen LogP contribution in [0.1, 0.15) is 20.7 Å². The number of carboxylic acid groups (broad SMARTS) is 1. The van der Waals surface area contributed by atoms with E-state index in [-0.39, 0.29) is 11.1 Å². The van der Waals surface area contributed by atoms with Crippen molar-refractivity contribution in [2.75, 3.05) is 7.11 Å². The summed E-state index contributed by atoms with van der Waals surface area (Å²) in [4.78, 5) is 24.8. The predicted molar refractivity (Wildman–Crippen MR) is 39.9 cm³/mol. The standard InChI is InChI=1S/C8H7NO4/c1-13-8(12)6-2-5(7(10)11)3-9-4-6/h2-4H,1H3,(H,10,11)/p-1. The Bertz CT molecular complexity index is 348. The van der Waals surface area contributed by atoms with Crippen LogP contribution in [-0.2, 0) is 4.74 Å². The predicted octanol–water partition coefficient (Wildman–Crippen LogP) is -0.768. The summed E-state index contributed by atoms with van der Waals surface area (Å²) in [5, 5.41) is 10.4. The Hall–Kier alpha value is -1.91. The highest BCUT2D eigenvalue weighted by Crippen LogP contribution is 2.02. The minimum absolute atomic E-state index is 0.0872. The van der Waals surface area contributed by atoms with Crippen molar-refractivity contribution in [1.82, 2.24) is 4.98 Å². The summed E-state index contributed by atoms with van der Waals surface area (Å²) in [7, 11) is 1.20. The summed E-state index contributed by atoms with van der Waals surface area (Å²) in [5.74, 6) is -2.01. The number of carboxylic acids is 1. The second-order valence-corrected chi connectivity index (χ2v) is 2.24. The maximum absolute atomic E-state index is 10.9. The van der Waals surface area contributed by atoms with Crippen molar-refractivity contribution in [2.45, 2.75) is 0 Å². The lowest BCUT2D eigenvalue weighted by atomic mass is 10.2. The second-order valence-electron chi connectivity index (χ2n) is 2.24. The average Bonchev–Trinajstić information content (AvgIpc) is 2.17. The number of ether oxygens (including phenoxy) is 1. The Labute approximate surface area is 74.0 Å². The number of nitrogens with zero attached hydrogens (tertiary/aromatic N) is 1. The molecule has 1 heterocycles. The van der Waals surface area contributed by atoms with Gasteiger partial charge >= 0.3 is 5.97 Å². The first-order valence-corrected chi connectivity index (χ1v) is 3.40. The van der Waals surface area contributed by atoms with Crippen LogP contribution in [0.2, 0.25) is 0 Å². The first-order chi connectivity index (χ1) is 6.15. The molecular formula is C8H6NO4-. The molecule has 0 N–H and O–H groups in total. The third kappa shape index (κ3) is 2.02. The van der Waals surface area contributed by atoms with Crippen molar-refractivity contribution in [2.24, 2.45) is 0 Å². The van der Waals surface area contributed by atoms with Gasteiger partial charge in [0.1, 0.15) is 0 Å². The highest BCUT2D eigenvalue weighted by molar-refractivity contribution is 5.93. The number of hydrogen-bond acceptors (Lipinski definition) is 5. The van der Waals surface area contributed by atoms with Gasteiger partial charge in [-0.05, 0) is 6.07 Å². The van der Waals surface area contributed by atoms with E-state index >= 15 is 0 Å². The fourth-order valence-electron chi connectivity index (χ4n) is 0.781. The Morgan fingerprint density at radius 2 is 2.00 bits per heavy atom. The Morgan fingerprint density at radius 3 is 2.54 bits per heavy atom. The molecule has 0 aliphatic rings. The molecule has 0 amide bonds. The van der Waals surface area contributed by atoms with E-state index in [0.29, 0.717) is 0 Å². The number of methoxy groups -OCH3 is 1. The molecule has 0 bridgehead atoms. The maximum Gasteiger partial charge on any atom is 0.339 e. The first-order valence-electron chi connectivity index (χ1n) is 3.40. The summed E-state index contributed by atoms with van der Waals surface area (Å²) in [5.41, 5.74) is -0.0629. The number of esters is 1. The zero-order chi connectivity index (χ0) is 9.84. The van der Waals surface area contributed by atoms with Crippen molar-refractivity contribution in [3.8, 4) is 0 Å². The van der Waals surface area contributed by atoms with Gasteiger partial charge in [0.2, 0.25) is 0 Å². The molecule has 0 saturated carbocycles. The van der Waals surface area contributed by atoms with Gasteiger partial charge in [0, 0.05) is 18.0 Å². The molecule has 5 nitrogen and oxygen atoms in total. The van der Waals surface area contributed by atoms with Crippen LogP contribution in [0, 0.1) is 0 Å². The van der Waals surface area contributed by atoms with Gasteiger partial charge in [-0.2, -0.15) is 0 Å². The minimum atomic E-state index is -1.38. The van der Waals surface area contributed by atoms with E-state index in [1.54, 1.807) is 0 Å². The zero-order valence-corrected chi connectivity index (χ0v) is 6.81. The number of hydrogen-bond donors (Lipinski definition) is 0. The normalized spacial score (nSPS) is 9.31. The SMILES string of the molecule is COC(=O)c1cncc(C(=O)[O-])c1. The monoisotopic (exact) mass is 180 g/mol. The second kappa shape index (κ2) is 3.66. The van der Waals surface area contributed by atoms with Gasteiger partial charge in [-0.15, -0.1) is 0 Å². The summed E-state index contributed by atoms with van der Waals surface area (Å²) in [6.07, 6.45) is 2.32. The Kier molecular flexibility index (Phi) is 2.59. The van der Waals surface area contributed by atoms with Crippen LogP contribution in [0.4, 0.5) is 0 Å². The number of aromatic nitrogens is 1. The van der Waals surface area contributed by atoms with E-state index in [2.05, 4.69) is 9.72 Å². The summed E-state index contributed by atoms with van der Waals surface area (Å²) in [6, 6.07) is 1.15. The van der Waals surface area contributed by atoms with Crippen LogP contribution in [-0.4, -0.2) is 24.0 Å². The number of rotatable bonds is 2. The van der Waals surface area contributed by atoms with E-state index in [1.807, 2.05) is 0 Å². The summed E-state index contributed by atoms with van der Waals surface area (Å²) < 4.78 is 4.38. The molecule has 0 aliphatic heterocycles. The molecular weight excluding hydrogens is 174 g/mol. The van der Waals surface area contributed by atoms with Gasteiger partial charge in [0.25, 0.3) is 0 Å².